The zero-order chi connectivity index (χ0) is 18.2. The molecule has 1 unspecified atom stereocenters. The Labute approximate surface area is 147 Å². The molecule has 3 rings (SSSR count). The fourth-order valence-corrected chi connectivity index (χ4v) is 4.26. The Morgan fingerprint density at radius 2 is 2.08 bits per heavy atom. The minimum Gasteiger partial charge on any atom is -0.481 e. The average molecular weight is 350 g/mol. The van der Waals surface area contributed by atoms with E-state index in [-0.39, 0.29) is 18.9 Å². The van der Waals surface area contributed by atoms with E-state index < -0.39 is 17.4 Å². The van der Waals surface area contributed by atoms with Gasteiger partial charge in [0.1, 0.15) is 0 Å². The lowest BCUT2D eigenvalue weighted by molar-refractivity contribution is -0.146. The lowest BCUT2D eigenvalue weighted by Crippen LogP contribution is -2.55. The van der Waals surface area contributed by atoms with Gasteiger partial charge in [-0.05, 0) is 19.8 Å². The predicted octanol–water partition coefficient (Wildman–Crippen LogP) is 0.0813. The number of likely N-dealkylation sites (tertiary alicyclic amines) is 2. The summed E-state index contributed by atoms with van der Waals surface area (Å²) >= 11 is 0. The van der Waals surface area contributed by atoms with E-state index in [1.165, 1.54) is 0 Å². The molecule has 0 aliphatic carbocycles. The van der Waals surface area contributed by atoms with Crippen molar-refractivity contribution in [1.82, 2.24) is 19.6 Å². The van der Waals surface area contributed by atoms with Crippen LogP contribution in [0.25, 0.3) is 0 Å². The number of aryl methyl sites for hydroxylation is 1. The number of aliphatic hydroxyl groups is 1. The van der Waals surface area contributed by atoms with Gasteiger partial charge >= 0.3 is 5.97 Å². The third-order valence-corrected chi connectivity index (χ3v) is 5.86. The molecule has 8 heteroatoms. The number of aliphatic carboxylic acids is 1. The molecule has 25 heavy (non-hydrogen) atoms. The Hall–Kier alpha value is -1.93. The maximum absolute atomic E-state index is 12.1. The third-order valence-electron chi connectivity index (χ3n) is 5.86. The second-order valence-electron chi connectivity index (χ2n) is 7.15. The molecule has 2 saturated heterocycles. The number of piperidine rings is 1. The first kappa shape index (κ1) is 17.9. The van der Waals surface area contributed by atoms with Gasteiger partial charge in [-0.3, -0.25) is 19.2 Å². The summed E-state index contributed by atoms with van der Waals surface area (Å²) in [6, 6.07) is 0. The quantitative estimate of drug-likeness (QED) is 0.780. The topological polar surface area (TPSA) is 98.9 Å². The molecule has 8 nitrogen and oxygen atoms in total. The minimum absolute atomic E-state index is 0.0593. The second kappa shape index (κ2) is 6.76. The van der Waals surface area contributed by atoms with Crippen LogP contribution in [0, 0.1) is 12.8 Å². The first-order valence-electron chi connectivity index (χ1n) is 8.73. The lowest BCUT2D eigenvalue weighted by atomic mass is 9.77. The summed E-state index contributed by atoms with van der Waals surface area (Å²) in [5.41, 5.74) is 1.52. The number of hydrogen-bond donors (Lipinski definition) is 2. The van der Waals surface area contributed by atoms with Gasteiger partial charge in [0.15, 0.2) is 0 Å². The number of nitrogens with zero attached hydrogens (tertiary/aromatic N) is 4. The van der Waals surface area contributed by atoms with Crippen LogP contribution in [0.3, 0.4) is 0 Å². The highest BCUT2D eigenvalue weighted by molar-refractivity contribution is 5.88. The molecular weight excluding hydrogens is 324 g/mol. The lowest BCUT2D eigenvalue weighted by Gasteiger charge is -2.45. The van der Waals surface area contributed by atoms with Crippen molar-refractivity contribution in [3.8, 4) is 0 Å². The number of amides is 1. The van der Waals surface area contributed by atoms with Gasteiger partial charge in [0.05, 0.1) is 30.3 Å². The average Bonchev–Trinajstić information content (AvgIpc) is 3.03. The molecule has 0 bridgehead atoms. The van der Waals surface area contributed by atoms with E-state index in [0.29, 0.717) is 19.4 Å². The minimum atomic E-state index is -0.868. The van der Waals surface area contributed by atoms with Crippen LogP contribution in [-0.4, -0.2) is 74.0 Å². The zero-order valence-electron chi connectivity index (χ0n) is 14.8. The van der Waals surface area contributed by atoms with E-state index in [4.69, 9.17) is 5.11 Å². The van der Waals surface area contributed by atoms with Crippen LogP contribution in [0.5, 0.6) is 0 Å². The fraction of sp³-hybridized carbons (Fsp3) is 0.706. The number of carbonyl (C=O) groups is 2. The summed E-state index contributed by atoms with van der Waals surface area (Å²) in [7, 11) is 1.74. The van der Waals surface area contributed by atoms with Crippen molar-refractivity contribution in [2.24, 2.45) is 5.92 Å². The maximum atomic E-state index is 12.1. The van der Waals surface area contributed by atoms with E-state index in [1.54, 1.807) is 16.6 Å². The Kier molecular flexibility index (Phi) is 4.83. The summed E-state index contributed by atoms with van der Waals surface area (Å²) in [5.74, 6) is -1.55. The van der Waals surface area contributed by atoms with Gasteiger partial charge in [-0.2, -0.15) is 5.10 Å². The molecule has 2 N–H and O–H groups in total. The number of carbonyl (C=O) groups excluding carboxylic acids is 1. The van der Waals surface area contributed by atoms with Crippen LogP contribution in [0.2, 0.25) is 0 Å². The van der Waals surface area contributed by atoms with Crippen LogP contribution in [0.1, 0.15) is 30.5 Å². The molecule has 1 aromatic rings. The molecule has 3 heterocycles. The molecular formula is C17H26N4O4. The molecule has 2 aliphatic rings. The van der Waals surface area contributed by atoms with Crippen molar-refractivity contribution >= 4 is 11.9 Å². The largest absolute Gasteiger partial charge is 0.481 e. The van der Waals surface area contributed by atoms with Gasteiger partial charge in [0, 0.05) is 44.9 Å². The van der Waals surface area contributed by atoms with Gasteiger partial charge in [-0.25, -0.2) is 0 Å². The molecule has 0 radical (unpaired) electrons. The number of aromatic nitrogens is 2. The van der Waals surface area contributed by atoms with Gasteiger partial charge in [0.25, 0.3) is 0 Å². The Bertz CT molecular complexity index is 664. The molecule has 1 aromatic heterocycles. The molecule has 0 saturated carbocycles. The molecule has 1 amide bonds. The highest BCUT2D eigenvalue weighted by Gasteiger charge is 2.55. The third kappa shape index (κ3) is 3.16. The number of hydrogen-bond acceptors (Lipinski definition) is 5. The predicted molar refractivity (Wildman–Crippen MR) is 89.8 cm³/mol. The summed E-state index contributed by atoms with van der Waals surface area (Å²) in [4.78, 5) is 27.6. The number of carboxylic acid groups (broad SMARTS) is 1. The van der Waals surface area contributed by atoms with Gasteiger partial charge in [-0.1, -0.05) is 0 Å². The van der Waals surface area contributed by atoms with Crippen LogP contribution >= 0.6 is 0 Å². The van der Waals surface area contributed by atoms with E-state index in [1.807, 2.05) is 13.1 Å². The van der Waals surface area contributed by atoms with Crippen molar-refractivity contribution < 1.29 is 19.8 Å². The van der Waals surface area contributed by atoms with Gasteiger partial charge in [-0.15, -0.1) is 0 Å². The second-order valence-corrected chi connectivity index (χ2v) is 7.15. The number of aliphatic hydroxyl groups excluding tert-OH is 1. The molecule has 2 fully saturated rings. The Morgan fingerprint density at radius 1 is 1.40 bits per heavy atom. The van der Waals surface area contributed by atoms with Gasteiger partial charge < -0.3 is 15.1 Å². The van der Waals surface area contributed by atoms with Crippen LogP contribution in [0.15, 0.2) is 6.20 Å². The fourth-order valence-electron chi connectivity index (χ4n) is 4.26. The summed E-state index contributed by atoms with van der Waals surface area (Å²) in [6.07, 6.45) is 3.42. The first-order chi connectivity index (χ1) is 11.9. The normalized spacial score (nSPS) is 23.6. The summed E-state index contributed by atoms with van der Waals surface area (Å²) in [5, 5.41) is 23.0. The van der Waals surface area contributed by atoms with Crippen LogP contribution in [0.4, 0.5) is 0 Å². The van der Waals surface area contributed by atoms with Crippen molar-refractivity contribution in [3.63, 3.8) is 0 Å². The molecule has 2 aliphatic heterocycles. The van der Waals surface area contributed by atoms with Crippen LogP contribution < -0.4 is 0 Å². The molecule has 138 valence electrons. The van der Waals surface area contributed by atoms with Crippen molar-refractivity contribution in [2.45, 2.75) is 44.8 Å². The Balaban J connectivity index is 1.67. The summed E-state index contributed by atoms with van der Waals surface area (Å²) < 4.78 is 1.75. The standard InChI is InChI=1S/C17H26N4O4/c1-12-13(11-21(18-12)7-8-22)10-20-5-3-17(4-6-20)14(16(24)25)9-15(23)19(17)2/h11,14,22H,3-10H2,1-2H3,(H,24,25). The summed E-state index contributed by atoms with van der Waals surface area (Å²) in [6.45, 7) is 4.76. The number of carboxylic acids is 1. The highest BCUT2D eigenvalue weighted by atomic mass is 16.4. The van der Waals surface area contributed by atoms with Crippen molar-refractivity contribution in [2.75, 3.05) is 26.7 Å². The smallest absolute Gasteiger partial charge is 0.309 e. The SMILES string of the molecule is Cc1nn(CCO)cc1CN1CCC2(CC1)C(C(=O)O)CC(=O)N2C. The van der Waals surface area contributed by atoms with E-state index >= 15 is 0 Å². The maximum Gasteiger partial charge on any atom is 0.309 e. The van der Waals surface area contributed by atoms with Crippen molar-refractivity contribution in [3.05, 3.63) is 17.5 Å². The van der Waals surface area contributed by atoms with Gasteiger partial charge in [0.2, 0.25) is 5.91 Å². The highest BCUT2D eigenvalue weighted by Crippen LogP contribution is 2.43. The zero-order valence-corrected chi connectivity index (χ0v) is 14.8. The molecule has 0 aromatic carbocycles. The van der Waals surface area contributed by atoms with E-state index in [9.17, 15) is 14.7 Å². The Morgan fingerprint density at radius 3 is 2.68 bits per heavy atom. The molecule has 1 spiro atoms. The number of rotatable bonds is 5. The van der Waals surface area contributed by atoms with E-state index in [2.05, 4.69) is 10.00 Å². The van der Waals surface area contributed by atoms with Crippen molar-refractivity contribution in [1.29, 1.82) is 0 Å². The molecule has 1 atom stereocenters. The first-order valence-corrected chi connectivity index (χ1v) is 8.73. The monoisotopic (exact) mass is 350 g/mol. The van der Waals surface area contributed by atoms with E-state index in [0.717, 1.165) is 30.9 Å². The van der Waals surface area contributed by atoms with Crippen LogP contribution in [-0.2, 0) is 22.7 Å².